The quantitative estimate of drug-likeness (QED) is 0.757. The number of benzene rings is 1. The summed E-state index contributed by atoms with van der Waals surface area (Å²) in [5.41, 5.74) is 6.57. The molecule has 0 aliphatic carbocycles. The number of carbonyl (C=O) groups excluding carboxylic acids is 2. The van der Waals surface area contributed by atoms with Crippen LogP contribution in [0.2, 0.25) is 0 Å². The first-order valence-electron chi connectivity index (χ1n) is 6.62. The van der Waals surface area contributed by atoms with Crippen LogP contribution in [0.4, 0.5) is 5.69 Å². The molecule has 1 atom stereocenters. The Hall–Kier alpha value is -2.28. The molecule has 1 fully saturated rings. The lowest BCUT2D eigenvalue weighted by molar-refractivity contribution is -0.130. The van der Waals surface area contributed by atoms with E-state index in [9.17, 15) is 9.59 Å². The number of nitrogen functional groups attached to an aromatic ring is 1. The minimum Gasteiger partial charge on any atom is -0.496 e. The van der Waals surface area contributed by atoms with Crippen molar-refractivity contribution in [3.63, 3.8) is 0 Å². The first-order valence-corrected chi connectivity index (χ1v) is 6.62. The van der Waals surface area contributed by atoms with Gasteiger partial charge in [0.1, 0.15) is 11.8 Å². The highest BCUT2D eigenvalue weighted by atomic mass is 16.5. The van der Waals surface area contributed by atoms with E-state index in [0.29, 0.717) is 30.2 Å². The Morgan fingerprint density at radius 2 is 2.24 bits per heavy atom. The lowest BCUT2D eigenvalue weighted by Gasteiger charge is -2.34. The molecule has 3 N–H and O–H groups in total. The van der Waals surface area contributed by atoms with Crippen molar-refractivity contribution in [2.24, 2.45) is 0 Å². The van der Waals surface area contributed by atoms with E-state index in [0.717, 1.165) is 0 Å². The van der Waals surface area contributed by atoms with E-state index in [4.69, 9.17) is 15.2 Å². The Balaban J connectivity index is 2.31. The molecule has 2 amide bonds. The lowest BCUT2D eigenvalue weighted by Crippen LogP contribution is -2.55. The topological polar surface area (TPSA) is 93.9 Å². The summed E-state index contributed by atoms with van der Waals surface area (Å²) >= 11 is 0. The largest absolute Gasteiger partial charge is 0.496 e. The molecule has 0 bridgehead atoms. The van der Waals surface area contributed by atoms with Crippen molar-refractivity contribution in [3.05, 3.63) is 23.8 Å². The molecule has 1 aliphatic rings. The second-order valence-electron chi connectivity index (χ2n) is 4.66. The fourth-order valence-electron chi connectivity index (χ4n) is 2.27. The number of hydrogen-bond donors (Lipinski definition) is 2. The number of ether oxygens (including phenoxy) is 2. The molecule has 7 heteroatoms. The van der Waals surface area contributed by atoms with Crippen LogP contribution in [0.3, 0.4) is 0 Å². The molecule has 21 heavy (non-hydrogen) atoms. The van der Waals surface area contributed by atoms with Gasteiger partial charge in [0.05, 0.1) is 25.9 Å². The third-order valence-corrected chi connectivity index (χ3v) is 3.39. The number of rotatable bonds is 3. The van der Waals surface area contributed by atoms with Crippen LogP contribution < -0.4 is 15.8 Å². The van der Waals surface area contributed by atoms with Gasteiger partial charge >= 0.3 is 0 Å². The molecule has 0 radical (unpaired) electrons. The van der Waals surface area contributed by atoms with Gasteiger partial charge in [-0.25, -0.2) is 0 Å². The van der Waals surface area contributed by atoms with Crippen LogP contribution in [0.1, 0.15) is 10.4 Å². The molecule has 7 nitrogen and oxygen atoms in total. The van der Waals surface area contributed by atoms with E-state index >= 15 is 0 Å². The van der Waals surface area contributed by atoms with Crippen LogP contribution >= 0.6 is 0 Å². The number of carbonyl (C=O) groups is 2. The molecule has 1 aromatic rings. The molecule has 1 aliphatic heterocycles. The van der Waals surface area contributed by atoms with Gasteiger partial charge in [-0.3, -0.25) is 9.59 Å². The normalized spacial score (nSPS) is 18.2. The second-order valence-corrected chi connectivity index (χ2v) is 4.66. The average Bonchev–Trinajstić information content (AvgIpc) is 2.53. The van der Waals surface area contributed by atoms with E-state index in [1.807, 2.05) is 0 Å². The average molecular weight is 293 g/mol. The minimum atomic E-state index is -0.640. The maximum absolute atomic E-state index is 12.7. The Kier molecular flexibility index (Phi) is 4.64. The summed E-state index contributed by atoms with van der Waals surface area (Å²) in [6.45, 7) is 0.934. The zero-order valence-electron chi connectivity index (χ0n) is 12.1. The lowest BCUT2D eigenvalue weighted by atomic mass is 10.1. The Labute approximate surface area is 123 Å². The Bertz CT molecular complexity index is 547. The Morgan fingerprint density at radius 1 is 1.48 bits per heavy atom. The van der Waals surface area contributed by atoms with Crippen LogP contribution in [0.25, 0.3) is 0 Å². The van der Waals surface area contributed by atoms with Gasteiger partial charge in [-0.15, -0.1) is 0 Å². The SMILES string of the molecule is CNC(=O)C1COCCN1C(=O)c1ccc(N)cc1OC. The summed E-state index contributed by atoms with van der Waals surface area (Å²) in [4.78, 5) is 26.1. The number of nitrogens with one attached hydrogen (secondary N) is 1. The molecule has 114 valence electrons. The number of nitrogens with two attached hydrogens (primary N) is 1. The van der Waals surface area contributed by atoms with E-state index < -0.39 is 6.04 Å². The number of morpholine rings is 1. The highest BCUT2D eigenvalue weighted by molar-refractivity contribution is 6.00. The van der Waals surface area contributed by atoms with Crippen LogP contribution in [-0.2, 0) is 9.53 Å². The van der Waals surface area contributed by atoms with E-state index in [-0.39, 0.29) is 18.4 Å². The predicted octanol–water partition coefficient (Wildman–Crippen LogP) is -0.136. The van der Waals surface area contributed by atoms with Crippen molar-refractivity contribution in [2.75, 3.05) is 39.6 Å². The van der Waals surface area contributed by atoms with Gasteiger partial charge in [0, 0.05) is 25.3 Å². The molecule has 1 unspecified atom stereocenters. The van der Waals surface area contributed by atoms with E-state index in [1.54, 1.807) is 18.2 Å². The first kappa shape index (κ1) is 15.1. The maximum Gasteiger partial charge on any atom is 0.258 e. The van der Waals surface area contributed by atoms with E-state index in [2.05, 4.69) is 5.32 Å². The number of hydrogen-bond acceptors (Lipinski definition) is 5. The zero-order chi connectivity index (χ0) is 15.4. The van der Waals surface area contributed by atoms with Gasteiger partial charge in [0.25, 0.3) is 5.91 Å². The monoisotopic (exact) mass is 293 g/mol. The number of nitrogens with zero attached hydrogens (tertiary/aromatic N) is 1. The molecule has 0 aromatic heterocycles. The maximum atomic E-state index is 12.7. The van der Waals surface area contributed by atoms with Crippen molar-refractivity contribution in [1.82, 2.24) is 10.2 Å². The fraction of sp³-hybridized carbons (Fsp3) is 0.429. The highest BCUT2D eigenvalue weighted by Crippen LogP contribution is 2.24. The number of likely N-dealkylation sites (N-methyl/N-ethyl adjacent to an activating group) is 1. The standard InChI is InChI=1S/C14H19N3O4/c1-16-13(18)11-8-21-6-5-17(11)14(19)10-4-3-9(15)7-12(10)20-2/h3-4,7,11H,5-6,8,15H2,1-2H3,(H,16,18). The summed E-state index contributed by atoms with van der Waals surface area (Å²) in [6, 6.07) is 4.18. The molecular weight excluding hydrogens is 274 g/mol. The summed E-state index contributed by atoms with van der Waals surface area (Å²) in [5, 5.41) is 2.54. The van der Waals surface area contributed by atoms with Gasteiger partial charge in [-0.05, 0) is 12.1 Å². The van der Waals surface area contributed by atoms with Crippen LogP contribution in [0, 0.1) is 0 Å². The van der Waals surface area contributed by atoms with Crippen molar-refractivity contribution in [2.45, 2.75) is 6.04 Å². The van der Waals surface area contributed by atoms with Crippen molar-refractivity contribution < 1.29 is 19.1 Å². The van der Waals surface area contributed by atoms with Gasteiger partial charge in [0.15, 0.2) is 0 Å². The van der Waals surface area contributed by atoms with Gasteiger partial charge in [-0.1, -0.05) is 0 Å². The number of anilines is 1. The van der Waals surface area contributed by atoms with Gasteiger partial charge in [-0.2, -0.15) is 0 Å². The second kappa shape index (κ2) is 6.45. The summed E-state index contributed by atoms with van der Waals surface area (Å²) in [5.74, 6) is -0.136. The van der Waals surface area contributed by atoms with E-state index in [1.165, 1.54) is 19.1 Å². The molecule has 1 aromatic carbocycles. The molecule has 1 saturated heterocycles. The zero-order valence-corrected chi connectivity index (χ0v) is 12.1. The Morgan fingerprint density at radius 3 is 2.90 bits per heavy atom. The number of methoxy groups -OCH3 is 1. The highest BCUT2D eigenvalue weighted by Gasteiger charge is 2.33. The molecule has 1 heterocycles. The molecule has 0 spiro atoms. The van der Waals surface area contributed by atoms with Crippen LogP contribution in [-0.4, -0.2) is 56.7 Å². The molecular formula is C14H19N3O4. The van der Waals surface area contributed by atoms with Gasteiger partial charge in [0.2, 0.25) is 5.91 Å². The smallest absolute Gasteiger partial charge is 0.258 e. The molecule has 0 saturated carbocycles. The summed E-state index contributed by atoms with van der Waals surface area (Å²) in [6.07, 6.45) is 0. The van der Waals surface area contributed by atoms with Crippen LogP contribution in [0.5, 0.6) is 5.75 Å². The van der Waals surface area contributed by atoms with Gasteiger partial charge < -0.3 is 25.4 Å². The van der Waals surface area contributed by atoms with Crippen molar-refractivity contribution in [3.8, 4) is 5.75 Å². The van der Waals surface area contributed by atoms with Crippen molar-refractivity contribution in [1.29, 1.82) is 0 Å². The summed E-state index contributed by atoms with van der Waals surface area (Å²) in [7, 11) is 3.00. The van der Waals surface area contributed by atoms with Crippen molar-refractivity contribution >= 4 is 17.5 Å². The number of amides is 2. The fourth-order valence-corrected chi connectivity index (χ4v) is 2.27. The first-order chi connectivity index (χ1) is 10.1. The summed E-state index contributed by atoms with van der Waals surface area (Å²) < 4.78 is 10.5. The predicted molar refractivity (Wildman–Crippen MR) is 77.1 cm³/mol. The third kappa shape index (κ3) is 3.08. The molecule has 2 rings (SSSR count). The third-order valence-electron chi connectivity index (χ3n) is 3.39. The minimum absolute atomic E-state index is 0.183. The van der Waals surface area contributed by atoms with Crippen LogP contribution in [0.15, 0.2) is 18.2 Å².